The van der Waals surface area contributed by atoms with Gasteiger partial charge < -0.3 is 10.1 Å². The summed E-state index contributed by atoms with van der Waals surface area (Å²) < 4.78 is 4.98. The zero-order valence-corrected chi connectivity index (χ0v) is 13.2. The fourth-order valence-corrected chi connectivity index (χ4v) is 2.79. The maximum absolute atomic E-state index is 11.8. The van der Waals surface area contributed by atoms with Gasteiger partial charge >= 0.3 is 5.97 Å². The largest absolute Gasteiger partial charge is 0.451 e. The molecule has 0 saturated carbocycles. The summed E-state index contributed by atoms with van der Waals surface area (Å²) in [6.45, 7) is 3.38. The van der Waals surface area contributed by atoms with E-state index >= 15 is 0 Å². The molecule has 4 nitrogen and oxygen atoms in total. The van der Waals surface area contributed by atoms with E-state index in [1.165, 1.54) is 11.3 Å². The van der Waals surface area contributed by atoms with Crippen LogP contribution in [0.2, 0.25) is 5.02 Å². The van der Waals surface area contributed by atoms with Crippen LogP contribution < -0.4 is 5.32 Å². The Balaban J connectivity index is 1.90. The molecule has 0 aliphatic rings. The van der Waals surface area contributed by atoms with Gasteiger partial charge in [0.05, 0.1) is 10.7 Å². The van der Waals surface area contributed by atoms with E-state index in [9.17, 15) is 9.59 Å². The zero-order valence-electron chi connectivity index (χ0n) is 11.6. The summed E-state index contributed by atoms with van der Waals surface area (Å²) in [5, 5.41) is 4.86. The molecule has 1 aromatic heterocycles. The van der Waals surface area contributed by atoms with E-state index in [4.69, 9.17) is 16.3 Å². The second kappa shape index (κ2) is 6.74. The third-order valence-corrected chi connectivity index (χ3v) is 4.09. The second-order valence-corrected chi connectivity index (χ2v) is 5.86. The summed E-state index contributed by atoms with van der Waals surface area (Å²) in [6.07, 6.45) is 0. The number of carbonyl (C=O) groups is 2. The molecule has 0 fully saturated rings. The molecule has 1 N–H and O–H groups in total. The Morgan fingerprint density at radius 2 is 2.05 bits per heavy atom. The lowest BCUT2D eigenvalue weighted by atomic mass is 10.2. The molecule has 0 unspecified atom stereocenters. The van der Waals surface area contributed by atoms with E-state index in [1.807, 2.05) is 26.0 Å². The van der Waals surface area contributed by atoms with Gasteiger partial charge in [-0.25, -0.2) is 4.79 Å². The van der Waals surface area contributed by atoms with Crippen LogP contribution in [0.15, 0.2) is 29.6 Å². The van der Waals surface area contributed by atoms with Gasteiger partial charge in [-0.3, -0.25) is 4.79 Å². The minimum absolute atomic E-state index is 0.347. The van der Waals surface area contributed by atoms with Gasteiger partial charge in [0.15, 0.2) is 6.61 Å². The molecule has 21 heavy (non-hydrogen) atoms. The number of ether oxygens (including phenoxy) is 1. The van der Waals surface area contributed by atoms with Gasteiger partial charge in [-0.05, 0) is 48.6 Å². The van der Waals surface area contributed by atoms with E-state index in [1.54, 1.807) is 17.5 Å². The number of rotatable bonds is 4. The number of benzene rings is 1. The normalized spacial score (nSPS) is 10.2. The number of thiophene rings is 1. The van der Waals surface area contributed by atoms with Crippen molar-refractivity contribution in [3.63, 3.8) is 0 Å². The van der Waals surface area contributed by atoms with Gasteiger partial charge in [-0.15, -0.1) is 11.3 Å². The van der Waals surface area contributed by atoms with Crippen molar-refractivity contribution in [2.75, 3.05) is 11.9 Å². The van der Waals surface area contributed by atoms with Crippen LogP contribution >= 0.6 is 22.9 Å². The molecular formula is C15H14ClNO3S. The summed E-state index contributed by atoms with van der Waals surface area (Å²) in [5.74, 6) is -0.920. The Morgan fingerprint density at radius 3 is 2.67 bits per heavy atom. The lowest BCUT2D eigenvalue weighted by molar-refractivity contribution is -0.119. The molecule has 0 atom stereocenters. The van der Waals surface area contributed by atoms with Crippen molar-refractivity contribution in [1.82, 2.24) is 0 Å². The van der Waals surface area contributed by atoms with Gasteiger partial charge in [0.25, 0.3) is 5.91 Å². The Bertz CT molecular complexity index is 681. The van der Waals surface area contributed by atoms with Crippen molar-refractivity contribution >= 4 is 40.5 Å². The molecule has 110 valence electrons. The lowest BCUT2D eigenvalue weighted by Crippen LogP contribution is -2.21. The molecule has 0 radical (unpaired) electrons. The molecule has 1 amide bonds. The first kappa shape index (κ1) is 15.5. The summed E-state index contributed by atoms with van der Waals surface area (Å²) in [5.41, 5.74) is 2.33. The standard InChI is InChI=1S/C15H14ClNO3S/c1-9-3-4-12(11(16)7-9)17-13(18)8-20-15(19)14-10(2)5-6-21-14/h3-7H,8H2,1-2H3,(H,17,18). The van der Waals surface area contributed by atoms with Crippen LogP contribution in [0.3, 0.4) is 0 Å². The van der Waals surface area contributed by atoms with Crippen molar-refractivity contribution in [3.05, 3.63) is 50.7 Å². The highest BCUT2D eigenvalue weighted by Crippen LogP contribution is 2.22. The second-order valence-electron chi connectivity index (χ2n) is 4.54. The maximum atomic E-state index is 11.8. The molecule has 0 aliphatic carbocycles. The summed E-state index contributed by atoms with van der Waals surface area (Å²) in [6, 6.07) is 7.12. The smallest absolute Gasteiger partial charge is 0.349 e. The van der Waals surface area contributed by atoms with Crippen molar-refractivity contribution in [3.8, 4) is 0 Å². The molecule has 0 bridgehead atoms. The molecule has 0 spiro atoms. The number of amides is 1. The molecular weight excluding hydrogens is 310 g/mol. The van der Waals surface area contributed by atoms with Gasteiger partial charge in [0.2, 0.25) is 0 Å². The predicted octanol–water partition coefficient (Wildman–Crippen LogP) is 3.81. The molecule has 2 rings (SSSR count). The molecule has 2 aromatic rings. The first-order chi connectivity index (χ1) is 9.97. The zero-order chi connectivity index (χ0) is 15.4. The van der Waals surface area contributed by atoms with Crippen LogP contribution in [0.25, 0.3) is 0 Å². The van der Waals surface area contributed by atoms with E-state index in [2.05, 4.69) is 5.32 Å². The van der Waals surface area contributed by atoms with Crippen molar-refractivity contribution in [2.24, 2.45) is 0 Å². The van der Waals surface area contributed by atoms with E-state index in [0.29, 0.717) is 15.6 Å². The van der Waals surface area contributed by atoms with Gasteiger partial charge in [-0.1, -0.05) is 17.7 Å². The summed E-state index contributed by atoms with van der Waals surface area (Å²) in [7, 11) is 0. The number of esters is 1. The Morgan fingerprint density at radius 1 is 1.29 bits per heavy atom. The number of carbonyl (C=O) groups excluding carboxylic acids is 2. The van der Waals surface area contributed by atoms with Crippen LogP contribution in [0.5, 0.6) is 0 Å². The average molecular weight is 324 g/mol. The van der Waals surface area contributed by atoms with Crippen molar-refractivity contribution < 1.29 is 14.3 Å². The van der Waals surface area contributed by atoms with Crippen LogP contribution in [0, 0.1) is 13.8 Å². The predicted molar refractivity (Wildman–Crippen MR) is 84.2 cm³/mol. The number of anilines is 1. The SMILES string of the molecule is Cc1ccc(NC(=O)COC(=O)c2sccc2C)c(Cl)c1. The molecule has 1 heterocycles. The number of hydrogen-bond acceptors (Lipinski definition) is 4. The fourth-order valence-electron chi connectivity index (χ4n) is 1.69. The van der Waals surface area contributed by atoms with E-state index in [-0.39, 0.29) is 6.61 Å². The Kier molecular flexibility index (Phi) is 4.98. The first-order valence-corrected chi connectivity index (χ1v) is 7.50. The van der Waals surface area contributed by atoms with E-state index in [0.717, 1.165) is 11.1 Å². The average Bonchev–Trinajstić information content (AvgIpc) is 2.85. The molecule has 0 aliphatic heterocycles. The number of hydrogen-bond donors (Lipinski definition) is 1. The molecule has 1 aromatic carbocycles. The minimum Gasteiger partial charge on any atom is -0.451 e. The van der Waals surface area contributed by atoms with Gasteiger partial charge in [0.1, 0.15) is 4.88 Å². The molecule has 0 saturated heterocycles. The number of halogens is 1. The monoisotopic (exact) mass is 323 g/mol. The number of aryl methyl sites for hydroxylation is 2. The third kappa shape index (κ3) is 4.06. The topological polar surface area (TPSA) is 55.4 Å². The van der Waals surface area contributed by atoms with Crippen molar-refractivity contribution in [1.29, 1.82) is 0 Å². The third-order valence-electron chi connectivity index (χ3n) is 2.78. The van der Waals surface area contributed by atoms with Crippen molar-refractivity contribution in [2.45, 2.75) is 13.8 Å². The van der Waals surface area contributed by atoms with Gasteiger partial charge in [0, 0.05) is 0 Å². The highest BCUT2D eigenvalue weighted by molar-refractivity contribution is 7.12. The fraction of sp³-hybridized carbons (Fsp3) is 0.200. The van der Waals surface area contributed by atoms with Gasteiger partial charge in [-0.2, -0.15) is 0 Å². The summed E-state index contributed by atoms with van der Waals surface area (Å²) >= 11 is 7.31. The Labute approximate surface area is 131 Å². The summed E-state index contributed by atoms with van der Waals surface area (Å²) in [4.78, 5) is 24.1. The van der Waals surface area contributed by atoms with Crippen LogP contribution in [-0.4, -0.2) is 18.5 Å². The first-order valence-electron chi connectivity index (χ1n) is 6.24. The lowest BCUT2D eigenvalue weighted by Gasteiger charge is -2.08. The number of nitrogens with one attached hydrogen (secondary N) is 1. The Hall–Kier alpha value is -1.85. The van der Waals surface area contributed by atoms with Crippen LogP contribution in [0.1, 0.15) is 20.8 Å². The molecule has 6 heteroatoms. The van der Waals surface area contributed by atoms with E-state index < -0.39 is 11.9 Å². The highest BCUT2D eigenvalue weighted by atomic mass is 35.5. The quantitative estimate of drug-likeness (QED) is 0.870. The minimum atomic E-state index is -0.493. The maximum Gasteiger partial charge on any atom is 0.349 e. The van der Waals surface area contributed by atoms with Crippen LogP contribution in [0.4, 0.5) is 5.69 Å². The highest BCUT2D eigenvalue weighted by Gasteiger charge is 2.14. The van der Waals surface area contributed by atoms with Crippen LogP contribution in [-0.2, 0) is 9.53 Å².